The second-order valence-corrected chi connectivity index (χ2v) is 14.1. The molecule has 0 saturated carbocycles. The zero-order valence-electron chi connectivity index (χ0n) is 32.0. The van der Waals surface area contributed by atoms with E-state index in [1.165, 1.54) is 103 Å². The van der Waals surface area contributed by atoms with Crippen LogP contribution in [0.3, 0.4) is 0 Å². The summed E-state index contributed by atoms with van der Waals surface area (Å²) in [7, 11) is 0. The van der Waals surface area contributed by atoms with E-state index < -0.39 is 12.0 Å². The number of esters is 1. The molecule has 0 radical (unpaired) electrons. The van der Waals surface area contributed by atoms with E-state index in [0.717, 1.165) is 57.8 Å². The van der Waals surface area contributed by atoms with E-state index in [4.69, 9.17) is 10.5 Å². The minimum atomic E-state index is -1.02. The first-order valence-corrected chi connectivity index (χ1v) is 20.7. The summed E-state index contributed by atoms with van der Waals surface area (Å²) in [5.74, 6) is -1.32. The van der Waals surface area contributed by atoms with Crippen LogP contribution in [0.25, 0.3) is 0 Å². The van der Waals surface area contributed by atoms with Gasteiger partial charge in [0.25, 0.3) is 0 Å². The number of amides is 1. The van der Waals surface area contributed by atoms with Crippen LogP contribution in [-0.2, 0) is 19.1 Å². The highest BCUT2D eigenvalue weighted by Crippen LogP contribution is 2.18. The summed E-state index contributed by atoms with van der Waals surface area (Å²) in [6.07, 6.45) is 41.0. The third-order valence-corrected chi connectivity index (χ3v) is 9.27. The lowest BCUT2D eigenvalue weighted by Gasteiger charge is -2.18. The number of rotatable bonds is 37. The van der Waals surface area contributed by atoms with E-state index >= 15 is 0 Å². The molecule has 4 N–H and O–H groups in total. The summed E-state index contributed by atoms with van der Waals surface area (Å²) < 4.78 is 5.92. The number of unbranched alkanes of at least 4 members (excludes halogenated alkanes) is 19. The molecule has 0 fully saturated rings. The van der Waals surface area contributed by atoms with Crippen LogP contribution in [0.4, 0.5) is 0 Å². The topological polar surface area (TPSA) is 119 Å². The highest BCUT2D eigenvalue weighted by Gasteiger charge is 2.19. The Labute approximate surface area is 302 Å². The number of hydrogen-bond donors (Lipinski definition) is 3. The van der Waals surface area contributed by atoms with Crippen molar-refractivity contribution in [1.82, 2.24) is 5.32 Å². The third-order valence-electron chi connectivity index (χ3n) is 9.27. The molecule has 286 valence electrons. The molecular formula is C42H78N2O5. The molecule has 0 spiro atoms. The van der Waals surface area contributed by atoms with Crippen LogP contribution in [0.1, 0.15) is 206 Å². The number of allylic oxidation sites excluding steroid dienone is 4. The van der Waals surface area contributed by atoms with Crippen LogP contribution in [0.2, 0.25) is 0 Å². The summed E-state index contributed by atoms with van der Waals surface area (Å²) in [6, 6.07) is -0.872. The zero-order chi connectivity index (χ0) is 36.0. The molecule has 7 heteroatoms. The Morgan fingerprint density at radius 3 is 1.59 bits per heavy atom. The average molecular weight is 691 g/mol. The van der Waals surface area contributed by atoms with Gasteiger partial charge >= 0.3 is 11.9 Å². The third kappa shape index (κ3) is 34.1. The molecule has 0 aliphatic carbocycles. The standard InChI is InChI=1S/C42H78N2O5/c1-3-5-7-9-10-11-12-13-14-15-16-17-18-19-20-21-22-23-24-25-30-36-41(46)49-38(32-27-8-6-4-2)33-28-26-29-35-40(45)44-39(42(47)48)34-31-37-43/h12-13,15-16,38-39H,3-11,14,17-37,43H2,1-2H3,(H,44,45)(H,47,48)/b13-12-,16-15-. The molecule has 0 heterocycles. The van der Waals surface area contributed by atoms with Crippen molar-refractivity contribution in [1.29, 1.82) is 0 Å². The monoisotopic (exact) mass is 691 g/mol. The summed E-state index contributed by atoms with van der Waals surface area (Å²) in [5.41, 5.74) is 5.47. The Morgan fingerprint density at radius 2 is 1.06 bits per heavy atom. The van der Waals surface area contributed by atoms with Gasteiger partial charge in [-0.3, -0.25) is 9.59 Å². The van der Waals surface area contributed by atoms with Crippen molar-refractivity contribution in [3.63, 3.8) is 0 Å². The number of aliphatic carboxylic acids is 1. The Hall–Kier alpha value is -2.15. The molecule has 0 aliphatic rings. The summed E-state index contributed by atoms with van der Waals surface area (Å²) in [5, 5.41) is 11.9. The molecule has 1 amide bonds. The number of carboxylic acid groups (broad SMARTS) is 1. The molecule has 0 aromatic heterocycles. The van der Waals surface area contributed by atoms with E-state index in [1.807, 2.05) is 0 Å². The molecule has 7 nitrogen and oxygen atoms in total. The molecule has 0 rings (SSSR count). The smallest absolute Gasteiger partial charge is 0.326 e. The molecule has 0 saturated heterocycles. The molecular weight excluding hydrogens is 612 g/mol. The summed E-state index contributed by atoms with van der Waals surface area (Å²) >= 11 is 0. The van der Waals surface area contributed by atoms with Gasteiger partial charge in [-0.25, -0.2) is 4.79 Å². The van der Waals surface area contributed by atoms with Gasteiger partial charge in [-0.05, 0) is 90.0 Å². The normalized spacial score (nSPS) is 12.9. The molecule has 2 unspecified atom stereocenters. The average Bonchev–Trinajstić information content (AvgIpc) is 3.08. The molecule has 0 aromatic rings. The lowest BCUT2D eigenvalue weighted by Crippen LogP contribution is -2.40. The van der Waals surface area contributed by atoms with Gasteiger partial charge in [0.2, 0.25) is 5.91 Å². The fourth-order valence-corrected chi connectivity index (χ4v) is 6.13. The number of ether oxygens (including phenoxy) is 1. The van der Waals surface area contributed by atoms with E-state index in [9.17, 15) is 19.5 Å². The SMILES string of the molecule is CCCCCCC/C=C\C/C=C\CCCCCCCCCCCC(=O)OC(CCCCCC)CCCCCC(=O)NC(CCCN)C(=O)O. The van der Waals surface area contributed by atoms with Gasteiger partial charge in [0, 0.05) is 12.8 Å². The number of carboxylic acids is 1. The first kappa shape index (κ1) is 46.9. The van der Waals surface area contributed by atoms with E-state index in [2.05, 4.69) is 43.5 Å². The molecule has 0 aliphatic heterocycles. The first-order chi connectivity index (χ1) is 23.9. The Morgan fingerprint density at radius 1 is 0.592 bits per heavy atom. The van der Waals surface area contributed by atoms with Gasteiger partial charge in [0.1, 0.15) is 12.1 Å². The number of nitrogens with one attached hydrogen (secondary N) is 1. The van der Waals surface area contributed by atoms with Crippen molar-refractivity contribution in [3.05, 3.63) is 24.3 Å². The van der Waals surface area contributed by atoms with Crippen molar-refractivity contribution in [2.45, 2.75) is 219 Å². The minimum Gasteiger partial charge on any atom is -0.480 e. The van der Waals surface area contributed by atoms with Crippen molar-refractivity contribution in [3.8, 4) is 0 Å². The number of carbonyl (C=O) groups is 3. The second kappa shape index (κ2) is 37.1. The van der Waals surface area contributed by atoms with Gasteiger partial charge < -0.3 is 20.9 Å². The molecule has 49 heavy (non-hydrogen) atoms. The molecule has 0 bridgehead atoms. The number of hydrogen-bond acceptors (Lipinski definition) is 5. The van der Waals surface area contributed by atoms with Crippen molar-refractivity contribution >= 4 is 17.8 Å². The predicted molar refractivity (Wildman–Crippen MR) is 207 cm³/mol. The van der Waals surface area contributed by atoms with E-state index in [0.29, 0.717) is 38.6 Å². The predicted octanol–water partition coefficient (Wildman–Crippen LogP) is 11.3. The van der Waals surface area contributed by atoms with Crippen LogP contribution in [0.5, 0.6) is 0 Å². The highest BCUT2D eigenvalue weighted by atomic mass is 16.5. The van der Waals surface area contributed by atoms with Crippen molar-refractivity contribution in [2.24, 2.45) is 5.73 Å². The van der Waals surface area contributed by atoms with Crippen LogP contribution in [-0.4, -0.2) is 41.6 Å². The van der Waals surface area contributed by atoms with Gasteiger partial charge in [0.15, 0.2) is 0 Å². The summed E-state index contributed by atoms with van der Waals surface area (Å²) in [4.78, 5) is 36.2. The summed E-state index contributed by atoms with van der Waals surface area (Å²) in [6.45, 7) is 4.87. The largest absolute Gasteiger partial charge is 0.480 e. The second-order valence-electron chi connectivity index (χ2n) is 14.1. The first-order valence-electron chi connectivity index (χ1n) is 20.7. The van der Waals surface area contributed by atoms with Gasteiger partial charge in [-0.2, -0.15) is 0 Å². The van der Waals surface area contributed by atoms with Crippen molar-refractivity contribution in [2.75, 3.05) is 6.54 Å². The molecule has 2 atom stereocenters. The molecule has 0 aromatic carbocycles. The fraction of sp³-hybridized carbons (Fsp3) is 0.833. The van der Waals surface area contributed by atoms with Gasteiger partial charge in [-0.1, -0.05) is 134 Å². The number of carbonyl (C=O) groups excluding carboxylic acids is 2. The minimum absolute atomic E-state index is 0.0481. The number of nitrogens with two attached hydrogens (primary N) is 1. The Balaban J connectivity index is 3.94. The van der Waals surface area contributed by atoms with E-state index in [-0.39, 0.29) is 18.0 Å². The Bertz CT molecular complexity index is 828. The quantitative estimate of drug-likeness (QED) is 0.0339. The van der Waals surface area contributed by atoms with Crippen LogP contribution in [0, 0.1) is 0 Å². The highest BCUT2D eigenvalue weighted by molar-refractivity contribution is 5.83. The van der Waals surface area contributed by atoms with Crippen LogP contribution < -0.4 is 11.1 Å². The van der Waals surface area contributed by atoms with E-state index in [1.54, 1.807) is 0 Å². The van der Waals surface area contributed by atoms with Crippen LogP contribution in [0.15, 0.2) is 24.3 Å². The van der Waals surface area contributed by atoms with Gasteiger partial charge in [-0.15, -0.1) is 0 Å². The fourth-order valence-electron chi connectivity index (χ4n) is 6.13. The Kier molecular flexibility index (Phi) is 35.5. The lowest BCUT2D eigenvalue weighted by atomic mass is 10.0. The maximum atomic E-state index is 12.6. The van der Waals surface area contributed by atoms with Crippen molar-refractivity contribution < 1.29 is 24.2 Å². The maximum Gasteiger partial charge on any atom is 0.326 e. The maximum absolute atomic E-state index is 12.6. The lowest BCUT2D eigenvalue weighted by molar-refractivity contribution is -0.150. The van der Waals surface area contributed by atoms with Gasteiger partial charge in [0.05, 0.1) is 0 Å². The zero-order valence-corrected chi connectivity index (χ0v) is 32.0. The van der Waals surface area contributed by atoms with Crippen LogP contribution >= 0.6 is 0 Å².